The predicted octanol–water partition coefficient (Wildman–Crippen LogP) is 4.50. The lowest BCUT2D eigenvalue weighted by Crippen LogP contribution is -2.29. The van der Waals surface area contributed by atoms with E-state index in [-0.39, 0.29) is 0 Å². The van der Waals surface area contributed by atoms with Crippen molar-refractivity contribution in [1.29, 1.82) is 0 Å². The number of carbonyl (C=O) groups is 2. The van der Waals surface area contributed by atoms with Crippen LogP contribution >= 0.6 is 23.2 Å². The topological polar surface area (TPSA) is 58.2 Å². The number of carbonyl (C=O) groups excluding carboxylic acids is 2. The van der Waals surface area contributed by atoms with Crippen molar-refractivity contribution in [2.24, 2.45) is 0 Å². The maximum absolute atomic E-state index is 12.1. The SMILES string of the molecule is Cc1cc(C)c(NC(=O)C(=O)Nc2ccc(Cl)cc2C)c(Cl)c1. The summed E-state index contributed by atoms with van der Waals surface area (Å²) >= 11 is 12.0. The smallest absolute Gasteiger partial charge is 0.314 e. The van der Waals surface area contributed by atoms with E-state index in [1.54, 1.807) is 31.2 Å². The molecule has 2 amide bonds. The van der Waals surface area contributed by atoms with Crippen LogP contribution in [0.5, 0.6) is 0 Å². The molecule has 0 radical (unpaired) electrons. The molecule has 0 fully saturated rings. The van der Waals surface area contributed by atoms with Crippen molar-refractivity contribution in [3.8, 4) is 0 Å². The highest BCUT2D eigenvalue weighted by Crippen LogP contribution is 2.27. The first-order chi connectivity index (χ1) is 10.8. The molecule has 2 N–H and O–H groups in total. The molecular weight excluding hydrogens is 335 g/mol. The van der Waals surface area contributed by atoms with E-state index in [2.05, 4.69) is 10.6 Å². The minimum absolute atomic E-state index is 0.395. The van der Waals surface area contributed by atoms with Gasteiger partial charge in [-0.3, -0.25) is 9.59 Å². The summed E-state index contributed by atoms with van der Waals surface area (Å²) in [6.45, 7) is 5.51. The molecule has 0 aliphatic heterocycles. The summed E-state index contributed by atoms with van der Waals surface area (Å²) < 4.78 is 0. The van der Waals surface area contributed by atoms with E-state index in [9.17, 15) is 9.59 Å². The van der Waals surface area contributed by atoms with Crippen molar-refractivity contribution in [1.82, 2.24) is 0 Å². The van der Waals surface area contributed by atoms with E-state index in [1.165, 1.54) is 0 Å². The van der Waals surface area contributed by atoms with Crippen molar-refractivity contribution in [3.05, 3.63) is 57.1 Å². The first-order valence-corrected chi connectivity index (χ1v) is 7.68. The van der Waals surface area contributed by atoms with Crippen LogP contribution in [0.25, 0.3) is 0 Å². The number of nitrogens with one attached hydrogen (secondary N) is 2. The molecule has 23 heavy (non-hydrogen) atoms. The van der Waals surface area contributed by atoms with Crippen LogP contribution in [0, 0.1) is 20.8 Å². The Balaban J connectivity index is 2.13. The molecule has 2 aromatic rings. The summed E-state index contributed by atoms with van der Waals surface area (Å²) in [4.78, 5) is 24.1. The van der Waals surface area contributed by atoms with Crippen LogP contribution in [0.3, 0.4) is 0 Å². The molecule has 0 unspecified atom stereocenters. The van der Waals surface area contributed by atoms with E-state index in [1.807, 2.05) is 19.9 Å². The van der Waals surface area contributed by atoms with Crippen LogP contribution in [-0.4, -0.2) is 11.8 Å². The van der Waals surface area contributed by atoms with Crippen LogP contribution < -0.4 is 10.6 Å². The Bertz CT molecular complexity index is 765. The Morgan fingerprint density at radius 2 is 1.52 bits per heavy atom. The molecule has 0 spiro atoms. The number of anilines is 2. The van der Waals surface area contributed by atoms with Gasteiger partial charge in [0.1, 0.15) is 0 Å². The van der Waals surface area contributed by atoms with Crippen LogP contribution in [-0.2, 0) is 9.59 Å². The highest BCUT2D eigenvalue weighted by molar-refractivity contribution is 6.45. The van der Waals surface area contributed by atoms with Crippen LogP contribution in [0.2, 0.25) is 10.0 Å². The van der Waals surface area contributed by atoms with Gasteiger partial charge in [0.05, 0.1) is 10.7 Å². The largest absolute Gasteiger partial charge is 0.318 e. The molecule has 0 aliphatic carbocycles. The van der Waals surface area contributed by atoms with Gasteiger partial charge in [-0.2, -0.15) is 0 Å². The number of halogens is 2. The summed E-state index contributed by atoms with van der Waals surface area (Å²) in [5.41, 5.74) is 3.50. The molecule has 0 heterocycles. The Morgan fingerprint density at radius 1 is 0.870 bits per heavy atom. The van der Waals surface area contributed by atoms with Gasteiger partial charge in [-0.1, -0.05) is 29.3 Å². The highest BCUT2D eigenvalue weighted by atomic mass is 35.5. The lowest BCUT2D eigenvalue weighted by Gasteiger charge is -2.12. The third-order valence-corrected chi connectivity index (χ3v) is 3.85. The van der Waals surface area contributed by atoms with Crippen LogP contribution in [0.15, 0.2) is 30.3 Å². The molecule has 120 valence electrons. The summed E-state index contributed by atoms with van der Waals surface area (Å²) in [6, 6.07) is 8.60. The van der Waals surface area contributed by atoms with Gasteiger partial charge in [0.25, 0.3) is 0 Å². The number of aryl methyl sites for hydroxylation is 3. The molecule has 6 heteroatoms. The van der Waals surface area contributed by atoms with Crippen molar-refractivity contribution < 1.29 is 9.59 Å². The minimum Gasteiger partial charge on any atom is -0.318 e. The normalized spacial score (nSPS) is 10.3. The zero-order valence-electron chi connectivity index (χ0n) is 13.0. The standard InChI is InChI=1S/C17H16Cl2N2O2/c1-9-6-11(3)15(13(19)7-9)21-17(23)16(22)20-14-5-4-12(18)8-10(14)2/h4-8H,1-3H3,(H,20,22)(H,21,23). The van der Waals surface area contributed by atoms with Crippen molar-refractivity contribution in [2.45, 2.75) is 20.8 Å². The van der Waals surface area contributed by atoms with Gasteiger partial charge in [-0.05, 0) is 61.7 Å². The molecular formula is C17H16Cl2N2O2. The van der Waals surface area contributed by atoms with E-state index in [4.69, 9.17) is 23.2 Å². The molecule has 0 saturated heterocycles. The van der Waals surface area contributed by atoms with Gasteiger partial charge in [0, 0.05) is 10.7 Å². The first kappa shape index (κ1) is 17.3. The molecule has 2 aromatic carbocycles. The summed E-state index contributed by atoms with van der Waals surface area (Å²) in [5.74, 6) is -1.56. The lowest BCUT2D eigenvalue weighted by atomic mass is 10.1. The second-order valence-corrected chi connectivity index (χ2v) is 6.15. The van der Waals surface area contributed by atoms with Gasteiger partial charge in [0.2, 0.25) is 0 Å². The Labute approximate surface area is 144 Å². The zero-order chi connectivity index (χ0) is 17.1. The highest BCUT2D eigenvalue weighted by Gasteiger charge is 2.17. The number of benzene rings is 2. The maximum atomic E-state index is 12.1. The van der Waals surface area contributed by atoms with Crippen molar-refractivity contribution >= 4 is 46.4 Å². The van der Waals surface area contributed by atoms with E-state index in [0.29, 0.717) is 21.4 Å². The van der Waals surface area contributed by atoms with E-state index < -0.39 is 11.8 Å². The summed E-state index contributed by atoms with van der Waals surface area (Å²) in [6.07, 6.45) is 0. The predicted molar refractivity (Wildman–Crippen MR) is 94.4 cm³/mol. The number of amides is 2. The fraction of sp³-hybridized carbons (Fsp3) is 0.176. The number of hydrogen-bond donors (Lipinski definition) is 2. The monoisotopic (exact) mass is 350 g/mol. The lowest BCUT2D eigenvalue weighted by molar-refractivity contribution is -0.133. The van der Waals surface area contributed by atoms with Gasteiger partial charge in [-0.15, -0.1) is 0 Å². The quantitative estimate of drug-likeness (QED) is 0.783. The van der Waals surface area contributed by atoms with Gasteiger partial charge in [0.15, 0.2) is 0 Å². The maximum Gasteiger partial charge on any atom is 0.314 e. The van der Waals surface area contributed by atoms with Gasteiger partial charge >= 0.3 is 11.8 Å². The third-order valence-electron chi connectivity index (χ3n) is 3.31. The Kier molecular flexibility index (Phi) is 5.29. The van der Waals surface area contributed by atoms with Gasteiger partial charge < -0.3 is 10.6 Å². The van der Waals surface area contributed by atoms with Crippen LogP contribution in [0.4, 0.5) is 11.4 Å². The third kappa shape index (κ3) is 4.24. The second-order valence-electron chi connectivity index (χ2n) is 5.31. The zero-order valence-corrected chi connectivity index (χ0v) is 14.5. The van der Waals surface area contributed by atoms with Crippen LogP contribution in [0.1, 0.15) is 16.7 Å². The molecule has 0 bridgehead atoms. The molecule has 2 rings (SSSR count). The van der Waals surface area contributed by atoms with Gasteiger partial charge in [-0.25, -0.2) is 0 Å². The fourth-order valence-electron chi connectivity index (χ4n) is 2.19. The minimum atomic E-state index is -0.784. The molecule has 0 aromatic heterocycles. The molecule has 0 saturated carbocycles. The fourth-order valence-corrected chi connectivity index (χ4v) is 2.79. The summed E-state index contributed by atoms with van der Waals surface area (Å²) in [5, 5.41) is 6.06. The first-order valence-electron chi connectivity index (χ1n) is 6.93. The molecule has 4 nitrogen and oxygen atoms in total. The average Bonchev–Trinajstić information content (AvgIpc) is 2.45. The van der Waals surface area contributed by atoms with E-state index >= 15 is 0 Å². The molecule has 0 aliphatic rings. The molecule has 0 atom stereocenters. The van der Waals surface area contributed by atoms with Crippen molar-refractivity contribution in [2.75, 3.05) is 10.6 Å². The van der Waals surface area contributed by atoms with E-state index in [0.717, 1.165) is 16.7 Å². The second kappa shape index (κ2) is 7.02. The average molecular weight is 351 g/mol. The number of hydrogen-bond acceptors (Lipinski definition) is 2. The Hall–Kier alpha value is -2.04. The number of rotatable bonds is 2. The Morgan fingerprint density at radius 3 is 2.13 bits per heavy atom. The summed E-state index contributed by atoms with van der Waals surface area (Å²) in [7, 11) is 0. The van der Waals surface area contributed by atoms with Crippen molar-refractivity contribution in [3.63, 3.8) is 0 Å².